The molecule has 2 nitrogen and oxygen atoms in total. The first-order chi connectivity index (χ1) is 10.3. The van der Waals surface area contributed by atoms with Crippen LogP contribution in [-0.4, -0.2) is 13.1 Å². The van der Waals surface area contributed by atoms with E-state index in [0.717, 1.165) is 32.1 Å². The lowest BCUT2D eigenvalue weighted by molar-refractivity contribution is -0.140. The molecule has 0 saturated carbocycles. The minimum atomic E-state index is -0.0816. The second kappa shape index (κ2) is 16.8. The van der Waals surface area contributed by atoms with Crippen molar-refractivity contribution in [1.82, 2.24) is 0 Å². The van der Waals surface area contributed by atoms with Crippen molar-refractivity contribution in [2.45, 2.75) is 84.0 Å². The van der Waals surface area contributed by atoms with Gasteiger partial charge in [0.05, 0.1) is 7.11 Å². The normalized spacial score (nSPS) is 10.4. The van der Waals surface area contributed by atoms with Crippen LogP contribution in [0.3, 0.4) is 0 Å². The minimum Gasteiger partial charge on any atom is -0.469 e. The summed E-state index contributed by atoms with van der Waals surface area (Å²) in [5.41, 5.74) is 0. The lowest BCUT2D eigenvalue weighted by Gasteiger charge is -2.01. The second-order valence-electron chi connectivity index (χ2n) is 5.37. The van der Waals surface area contributed by atoms with E-state index in [1.54, 1.807) is 0 Å². The van der Waals surface area contributed by atoms with Crippen LogP contribution in [0.2, 0.25) is 0 Å². The molecular weight excluding hydrogens is 260 g/mol. The standard InChI is InChI=1S/C19H32O2/c1-3-4-5-6-7-8-9-10-11-12-13-14-15-16-17-18-19(20)21-2/h3-4H,5-6,9-18H2,1-2H3. The molecule has 0 rings (SSSR count). The summed E-state index contributed by atoms with van der Waals surface area (Å²) >= 11 is 0. The van der Waals surface area contributed by atoms with Gasteiger partial charge in [0.15, 0.2) is 0 Å². The molecule has 0 aromatic heterocycles. The Bertz CT molecular complexity index is 320. The van der Waals surface area contributed by atoms with Crippen LogP contribution in [0.1, 0.15) is 84.0 Å². The Morgan fingerprint density at radius 2 is 1.48 bits per heavy atom. The van der Waals surface area contributed by atoms with Crippen molar-refractivity contribution < 1.29 is 9.53 Å². The zero-order chi connectivity index (χ0) is 15.6. The van der Waals surface area contributed by atoms with Gasteiger partial charge in [0.2, 0.25) is 0 Å². The lowest BCUT2D eigenvalue weighted by atomic mass is 10.1. The monoisotopic (exact) mass is 292 g/mol. The summed E-state index contributed by atoms with van der Waals surface area (Å²) in [4.78, 5) is 10.9. The molecule has 0 fully saturated rings. The van der Waals surface area contributed by atoms with Crippen molar-refractivity contribution in [1.29, 1.82) is 0 Å². The van der Waals surface area contributed by atoms with Crippen molar-refractivity contribution in [2.24, 2.45) is 0 Å². The molecule has 0 atom stereocenters. The summed E-state index contributed by atoms with van der Waals surface area (Å²) < 4.78 is 4.62. The van der Waals surface area contributed by atoms with E-state index in [-0.39, 0.29) is 5.97 Å². The van der Waals surface area contributed by atoms with E-state index >= 15 is 0 Å². The maximum atomic E-state index is 10.9. The summed E-state index contributed by atoms with van der Waals surface area (Å²) in [6, 6.07) is 0. The van der Waals surface area contributed by atoms with Gasteiger partial charge in [-0.15, -0.1) is 11.8 Å². The summed E-state index contributed by atoms with van der Waals surface area (Å²) in [7, 11) is 1.45. The van der Waals surface area contributed by atoms with Crippen LogP contribution in [0.4, 0.5) is 0 Å². The highest BCUT2D eigenvalue weighted by Gasteiger charge is 1.98. The Morgan fingerprint density at radius 1 is 0.905 bits per heavy atom. The van der Waals surface area contributed by atoms with Gasteiger partial charge in [-0.3, -0.25) is 4.79 Å². The highest BCUT2D eigenvalue weighted by molar-refractivity contribution is 5.68. The minimum absolute atomic E-state index is 0.0816. The van der Waals surface area contributed by atoms with Crippen LogP contribution in [-0.2, 0) is 9.53 Å². The Kier molecular flexibility index (Phi) is 15.8. The first kappa shape index (κ1) is 19.8. The average Bonchev–Trinajstić information content (AvgIpc) is 2.50. The zero-order valence-corrected chi connectivity index (χ0v) is 14.0. The molecule has 0 aliphatic heterocycles. The summed E-state index contributed by atoms with van der Waals surface area (Å²) in [6.45, 7) is 2.05. The van der Waals surface area contributed by atoms with Gasteiger partial charge >= 0.3 is 5.97 Å². The summed E-state index contributed by atoms with van der Waals surface area (Å²) in [5.74, 6) is 6.39. The third kappa shape index (κ3) is 16.7. The number of unbranched alkanes of at least 4 members (excludes halogenated alkanes) is 9. The quantitative estimate of drug-likeness (QED) is 0.208. The Morgan fingerprint density at radius 3 is 2.10 bits per heavy atom. The number of hydrogen-bond donors (Lipinski definition) is 0. The number of carbonyl (C=O) groups is 1. The van der Waals surface area contributed by atoms with Crippen molar-refractivity contribution in [2.75, 3.05) is 7.11 Å². The average molecular weight is 292 g/mol. The van der Waals surface area contributed by atoms with Crippen LogP contribution < -0.4 is 0 Å². The number of allylic oxidation sites excluding steroid dienone is 2. The molecule has 120 valence electrons. The molecule has 21 heavy (non-hydrogen) atoms. The number of rotatable bonds is 12. The Hall–Kier alpha value is -1.23. The first-order valence-corrected chi connectivity index (χ1v) is 8.45. The molecule has 2 heteroatoms. The molecule has 0 amide bonds. The smallest absolute Gasteiger partial charge is 0.305 e. The van der Waals surface area contributed by atoms with Gasteiger partial charge in [-0.1, -0.05) is 50.7 Å². The van der Waals surface area contributed by atoms with Crippen molar-refractivity contribution in [3.05, 3.63) is 12.2 Å². The third-order valence-corrected chi connectivity index (χ3v) is 3.46. The van der Waals surface area contributed by atoms with E-state index < -0.39 is 0 Å². The zero-order valence-electron chi connectivity index (χ0n) is 14.0. The fourth-order valence-corrected chi connectivity index (χ4v) is 2.14. The molecule has 0 radical (unpaired) electrons. The number of methoxy groups -OCH3 is 1. The molecular formula is C19H32O2. The van der Waals surface area contributed by atoms with E-state index in [2.05, 4.69) is 28.7 Å². The fourth-order valence-electron chi connectivity index (χ4n) is 2.14. The first-order valence-electron chi connectivity index (χ1n) is 8.45. The largest absolute Gasteiger partial charge is 0.469 e. The van der Waals surface area contributed by atoms with E-state index in [1.165, 1.54) is 45.6 Å². The van der Waals surface area contributed by atoms with E-state index in [0.29, 0.717) is 6.42 Å². The van der Waals surface area contributed by atoms with Gasteiger partial charge in [-0.2, -0.15) is 0 Å². The molecule has 0 heterocycles. The Balaban J connectivity index is 3.13. The van der Waals surface area contributed by atoms with Gasteiger partial charge in [0, 0.05) is 19.3 Å². The number of carbonyl (C=O) groups excluding carboxylic acids is 1. The predicted octanol–water partition coefficient (Wildman–Crippen LogP) is 5.42. The van der Waals surface area contributed by atoms with Crippen LogP contribution >= 0.6 is 0 Å². The molecule has 0 N–H and O–H groups in total. The SMILES string of the molecule is CC=CCCC#CCCCCCCCCCCC(=O)OC. The van der Waals surface area contributed by atoms with Crippen LogP contribution in [0, 0.1) is 11.8 Å². The van der Waals surface area contributed by atoms with Crippen LogP contribution in [0.25, 0.3) is 0 Å². The van der Waals surface area contributed by atoms with Gasteiger partial charge < -0.3 is 4.74 Å². The Labute approximate surface area is 131 Å². The second-order valence-corrected chi connectivity index (χ2v) is 5.37. The van der Waals surface area contributed by atoms with E-state index in [4.69, 9.17) is 0 Å². The van der Waals surface area contributed by atoms with Crippen LogP contribution in [0.15, 0.2) is 12.2 Å². The van der Waals surface area contributed by atoms with Crippen molar-refractivity contribution in [3.63, 3.8) is 0 Å². The highest BCUT2D eigenvalue weighted by Crippen LogP contribution is 2.10. The summed E-state index contributed by atoms with van der Waals surface area (Å²) in [6.07, 6.45) is 17.7. The number of hydrogen-bond acceptors (Lipinski definition) is 2. The van der Waals surface area contributed by atoms with E-state index in [9.17, 15) is 4.79 Å². The van der Waals surface area contributed by atoms with Crippen molar-refractivity contribution in [3.8, 4) is 11.8 Å². The maximum absolute atomic E-state index is 10.9. The molecule has 0 aromatic carbocycles. The van der Waals surface area contributed by atoms with Gasteiger partial charge in [-0.25, -0.2) is 0 Å². The fraction of sp³-hybridized carbons (Fsp3) is 0.737. The molecule has 0 spiro atoms. The molecule has 0 bridgehead atoms. The number of esters is 1. The molecule has 0 saturated heterocycles. The van der Waals surface area contributed by atoms with Gasteiger partial charge in [0.1, 0.15) is 0 Å². The van der Waals surface area contributed by atoms with Gasteiger partial charge in [-0.05, 0) is 26.2 Å². The summed E-state index contributed by atoms with van der Waals surface area (Å²) in [5, 5.41) is 0. The molecule has 0 aliphatic carbocycles. The predicted molar refractivity (Wildman–Crippen MR) is 90.0 cm³/mol. The topological polar surface area (TPSA) is 26.3 Å². The number of ether oxygens (including phenoxy) is 1. The van der Waals surface area contributed by atoms with Crippen molar-refractivity contribution >= 4 is 5.97 Å². The molecule has 0 unspecified atom stereocenters. The third-order valence-electron chi connectivity index (χ3n) is 3.46. The van der Waals surface area contributed by atoms with Gasteiger partial charge in [0.25, 0.3) is 0 Å². The highest BCUT2D eigenvalue weighted by atomic mass is 16.5. The van der Waals surface area contributed by atoms with E-state index in [1.807, 2.05) is 6.92 Å². The maximum Gasteiger partial charge on any atom is 0.305 e. The molecule has 0 aliphatic rings. The lowest BCUT2D eigenvalue weighted by Crippen LogP contribution is -1.99. The van der Waals surface area contributed by atoms with Crippen LogP contribution in [0.5, 0.6) is 0 Å². The molecule has 0 aromatic rings.